The van der Waals surface area contributed by atoms with Gasteiger partial charge in [-0.05, 0) is 62.8 Å². The summed E-state index contributed by atoms with van der Waals surface area (Å²) in [5.41, 5.74) is 2.13. The average molecular weight is 493 g/mol. The number of hydrogen-bond donors (Lipinski definition) is 2. The maximum Gasteiger partial charge on any atom is 0.191 e. The lowest BCUT2D eigenvalue weighted by atomic mass is 10.1. The average Bonchev–Trinajstić information content (AvgIpc) is 3.13. The van der Waals surface area contributed by atoms with Gasteiger partial charge in [0.1, 0.15) is 5.82 Å². The topological polar surface area (TPSA) is 54.9 Å². The fourth-order valence-corrected chi connectivity index (χ4v) is 2.95. The number of hydrogen-bond acceptors (Lipinski definition) is 3. The molecule has 0 aromatic heterocycles. The third kappa shape index (κ3) is 9.71. The van der Waals surface area contributed by atoms with Crippen LogP contribution in [0.3, 0.4) is 0 Å². The lowest BCUT2D eigenvalue weighted by molar-refractivity contribution is 0.0171. The summed E-state index contributed by atoms with van der Waals surface area (Å²) in [4.78, 5) is 4.57. The van der Waals surface area contributed by atoms with Gasteiger partial charge in [-0.2, -0.15) is 0 Å². The number of rotatable bonds is 10. The summed E-state index contributed by atoms with van der Waals surface area (Å²) in [5, 5.41) is 6.58. The van der Waals surface area contributed by atoms with Crippen molar-refractivity contribution in [3.63, 3.8) is 0 Å². The number of nitrogens with one attached hydrogen (secondary N) is 2. The smallest absolute Gasteiger partial charge is 0.191 e. The molecular formula is C20H33FIN3O2. The summed E-state index contributed by atoms with van der Waals surface area (Å²) >= 11 is 0. The van der Waals surface area contributed by atoms with Crippen molar-refractivity contribution in [1.82, 2.24) is 10.6 Å². The molecular weight excluding hydrogens is 460 g/mol. The Labute approximate surface area is 179 Å². The van der Waals surface area contributed by atoms with Crippen molar-refractivity contribution < 1.29 is 13.9 Å². The van der Waals surface area contributed by atoms with E-state index >= 15 is 0 Å². The highest BCUT2D eigenvalue weighted by atomic mass is 127. The predicted octanol–water partition coefficient (Wildman–Crippen LogP) is 3.44. The van der Waals surface area contributed by atoms with Crippen molar-refractivity contribution in [2.75, 3.05) is 39.5 Å². The standard InChI is InChI=1S/C20H32FN3O2.HI/c1-3-22-20(23-10-5-12-25-15-19-6-4-13-26-19)24-11-9-17-7-8-18(21)14-16(17)2;/h7-8,14,19H,3-6,9-13,15H2,1-2H3,(H2,22,23,24);1H. The van der Waals surface area contributed by atoms with Crippen LogP contribution in [-0.4, -0.2) is 51.5 Å². The zero-order chi connectivity index (χ0) is 18.6. The molecule has 1 aliphatic rings. The van der Waals surface area contributed by atoms with Gasteiger partial charge in [-0.25, -0.2) is 4.39 Å². The second-order valence-electron chi connectivity index (χ2n) is 6.57. The number of aryl methyl sites for hydroxylation is 1. The quantitative estimate of drug-likeness (QED) is 0.227. The van der Waals surface area contributed by atoms with Crippen LogP contribution >= 0.6 is 24.0 Å². The normalized spacial score (nSPS) is 16.9. The van der Waals surface area contributed by atoms with E-state index in [0.29, 0.717) is 13.2 Å². The SMILES string of the molecule is CCNC(=NCCCOCC1CCCO1)NCCc1ccc(F)cc1C.I. The highest BCUT2D eigenvalue weighted by molar-refractivity contribution is 14.0. The Morgan fingerprint density at radius 2 is 2.22 bits per heavy atom. The van der Waals surface area contributed by atoms with Gasteiger partial charge in [0.15, 0.2) is 5.96 Å². The first-order valence-electron chi connectivity index (χ1n) is 9.65. The largest absolute Gasteiger partial charge is 0.379 e. The van der Waals surface area contributed by atoms with E-state index in [9.17, 15) is 4.39 Å². The highest BCUT2D eigenvalue weighted by Crippen LogP contribution is 2.12. The van der Waals surface area contributed by atoms with Crippen LogP contribution in [0.25, 0.3) is 0 Å². The van der Waals surface area contributed by atoms with Gasteiger partial charge < -0.3 is 20.1 Å². The number of halogens is 2. The summed E-state index contributed by atoms with van der Waals surface area (Å²) in [6, 6.07) is 4.94. The van der Waals surface area contributed by atoms with Crippen molar-refractivity contribution in [2.45, 2.75) is 45.6 Å². The minimum absolute atomic E-state index is 0. The van der Waals surface area contributed by atoms with E-state index in [4.69, 9.17) is 9.47 Å². The zero-order valence-electron chi connectivity index (χ0n) is 16.4. The fourth-order valence-electron chi connectivity index (χ4n) is 2.95. The zero-order valence-corrected chi connectivity index (χ0v) is 18.8. The van der Waals surface area contributed by atoms with Crippen molar-refractivity contribution in [3.05, 3.63) is 35.1 Å². The molecule has 1 saturated heterocycles. The third-order valence-corrected chi connectivity index (χ3v) is 4.38. The first-order chi connectivity index (χ1) is 12.7. The maximum absolute atomic E-state index is 13.2. The molecule has 1 aliphatic heterocycles. The molecule has 1 aromatic rings. The lowest BCUT2D eigenvalue weighted by Gasteiger charge is -2.12. The minimum Gasteiger partial charge on any atom is -0.379 e. The van der Waals surface area contributed by atoms with Gasteiger partial charge in [-0.15, -0.1) is 24.0 Å². The highest BCUT2D eigenvalue weighted by Gasteiger charge is 2.14. The molecule has 1 heterocycles. The molecule has 0 spiro atoms. The Bertz CT molecular complexity index is 566. The summed E-state index contributed by atoms with van der Waals surface area (Å²) < 4.78 is 24.3. The Balaban J connectivity index is 0.00000364. The molecule has 0 amide bonds. The molecule has 0 bridgehead atoms. The van der Waals surface area contributed by atoms with Crippen LogP contribution in [0.4, 0.5) is 4.39 Å². The number of ether oxygens (including phenoxy) is 2. The number of guanidine groups is 1. The van der Waals surface area contributed by atoms with E-state index in [1.807, 2.05) is 19.9 Å². The van der Waals surface area contributed by atoms with Gasteiger partial charge in [0.25, 0.3) is 0 Å². The fraction of sp³-hybridized carbons (Fsp3) is 0.650. The van der Waals surface area contributed by atoms with Gasteiger partial charge in [0, 0.05) is 32.8 Å². The molecule has 1 fully saturated rings. The Hall–Kier alpha value is -0.930. The summed E-state index contributed by atoms with van der Waals surface area (Å²) in [6.07, 6.45) is 4.27. The maximum atomic E-state index is 13.2. The predicted molar refractivity (Wildman–Crippen MR) is 119 cm³/mol. The molecule has 2 rings (SSSR count). The summed E-state index contributed by atoms with van der Waals surface area (Å²) in [7, 11) is 0. The van der Waals surface area contributed by atoms with Crippen molar-refractivity contribution >= 4 is 29.9 Å². The minimum atomic E-state index is -0.184. The first kappa shape index (κ1) is 24.1. The van der Waals surface area contributed by atoms with Crippen molar-refractivity contribution in [3.8, 4) is 0 Å². The Morgan fingerprint density at radius 1 is 1.37 bits per heavy atom. The Morgan fingerprint density at radius 3 is 2.93 bits per heavy atom. The van der Waals surface area contributed by atoms with Crippen LogP contribution in [0.2, 0.25) is 0 Å². The van der Waals surface area contributed by atoms with E-state index < -0.39 is 0 Å². The molecule has 1 aromatic carbocycles. The molecule has 5 nitrogen and oxygen atoms in total. The van der Waals surface area contributed by atoms with Crippen LogP contribution in [-0.2, 0) is 15.9 Å². The monoisotopic (exact) mass is 493 g/mol. The van der Waals surface area contributed by atoms with E-state index in [1.54, 1.807) is 6.07 Å². The van der Waals surface area contributed by atoms with E-state index in [-0.39, 0.29) is 35.9 Å². The first-order valence-corrected chi connectivity index (χ1v) is 9.65. The number of benzene rings is 1. The van der Waals surface area contributed by atoms with Gasteiger partial charge in [-0.1, -0.05) is 6.07 Å². The van der Waals surface area contributed by atoms with Gasteiger partial charge in [0.2, 0.25) is 0 Å². The van der Waals surface area contributed by atoms with Crippen molar-refractivity contribution in [1.29, 1.82) is 0 Å². The molecule has 154 valence electrons. The van der Waals surface area contributed by atoms with Crippen LogP contribution in [0.15, 0.2) is 23.2 Å². The Kier molecular flexibility index (Phi) is 12.6. The molecule has 0 saturated carbocycles. The molecule has 1 unspecified atom stereocenters. The third-order valence-electron chi connectivity index (χ3n) is 4.38. The summed E-state index contributed by atoms with van der Waals surface area (Å²) in [6.45, 7) is 8.55. The second-order valence-corrected chi connectivity index (χ2v) is 6.57. The number of nitrogens with zero attached hydrogens (tertiary/aromatic N) is 1. The van der Waals surface area contributed by atoms with Crippen LogP contribution in [0.5, 0.6) is 0 Å². The van der Waals surface area contributed by atoms with Crippen molar-refractivity contribution in [2.24, 2.45) is 4.99 Å². The van der Waals surface area contributed by atoms with Crippen LogP contribution in [0, 0.1) is 12.7 Å². The van der Waals surface area contributed by atoms with Gasteiger partial charge >= 0.3 is 0 Å². The molecule has 2 N–H and O–H groups in total. The van der Waals surface area contributed by atoms with Gasteiger partial charge in [0.05, 0.1) is 12.7 Å². The van der Waals surface area contributed by atoms with E-state index in [1.165, 1.54) is 6.07 Å². The van der Waals surface area contributed by atoms with Crippen LogP contribution < -0.4 is 10.6 Å². The van der Waals surface area contributed by atoms with E-state index in [0.717, 1.165) is 69.0 Å². The van der Waals surface area contributed by atoms with Gasteiger partial charge in [-0.3, -0.25) is 4.99 Å². The molecule has 0 aliphatic carbocycles. The van der Waals surface area contributed by atoms with Crippen LogP contribution in [0.1, 0.15) is 37.3 Å². The molecule has 1 atom stereocenters. The summed E-state index contributed by atoms with van der Waals surface area (Å²) in [5.74, 6) is 0.627. The lowest BCUT2D eigenvalue weighted by Crippen LogP contribution is -2.38. The molecule has 7 heteroatoms. The van der Waals surface area contributed by atoms with E-state index in [2.05, 4.69) is 15.6 Å². The molecule has 0 radical (unpaired) electrons. The second kappa shape index (κ2) is 14.1. The number of aliphatic imine (C=N–C) groups is 1. The molecule has 27 heavy (non-hydrogen) atoms.